The van der Waals surface area contributed by atoms with E-state index < -0.39 is 28.9 Å². The van der Waals surface area contributed by atoms with Gasteiger partial charge in [0.25, 0.3) is 5.91 Å². The molecule has 4 rings (SSSR count). The molecule has 3 N–H and O–H groups in total. The number of carbonyl (C=O) groups is 2. The molecular weight excluding hydrogens is 479 g/mol. The lowest BCUT2D eigenvalue weighted by Crippen LogP contribution is -2.16. The molecule has 0 aliphatic carbocycles. The number of hydrogen-bond acceptors (Lipinski definition) is 5. The van der Waals surface area contributed by atoms with Gasteiger partial charge in [-0.1, -0.05) is 23.9 Å². The highest BCUT2D eigenvalue weighted by Gasteiger charge is 2.20. The highest BCUT2D eigenvalue weighted by molar-refractivity contribution is 7.98. The van der Waals surface area contributed by atoms with Gasteiger partial charge >= 0.3 is 0 Å². The lowest BCUT2D eigenvalue weighted by atomic mass is 10.0. The Labute approximate surface area is 202 Å². The Hall–Kier alpha value is -4.12. The Kier molecular flexibility index (Phi) is 6.87. The van der Waals surface area contributed by atoms with E-state index >= 15 is 0 Å². The van der Waals surface area contributed by atoms with E-state index in [4.69, 9.17) is 0 Å². The monoisotopic (exact) mass is 497 g/mol. The molecule has 0 spiro atoms. The summed E-state index contributed by atoms with van der Waals surface area (Å²) < 4.78 is 41.2. The third-order valence-electron chi connectivity index (χ3n) is 4.86. The van der Waals surface area contributed by atoms with Gasteiger partial charge in [0.1, 0.15) is 28.8 Å². The number of aromatic nitrogens is 3. The van der Waals surface area contributed by atoms with E-state index in [1.54, 1.807) is 42.6 Å². The number of hydrogen-bond donors (Lipinski definition) is 3. The molecule has 0 unspecified atom stereocenters. The van der Waals surface area contributed by atoms with Gasteiger partial charge < -0.3 is 15.6 Å². The molecule has 178 valence electrons. The number of rotatable bonds is 6. The van der Waals surface area contributed by atoms with E-state index in [0.717, 1.165) is 0 Å². The van der Waals surface area contributed by atoms with Crippen molar-refractivity contribution in [2.24, 2.45) is 0 Å². The van der Waals surface area contributed by atoms with Gasteiger partial charge in [-0.2, -0.15) is 0 Å². The lowest BCUT2D eigenvalue weighted by Gasteiger charge is -2.10. The summed E-state index contributed by atoms with van der Waals surface area (Å²) >= 11 is 1.39. The minimum atomic E-state index is -1.30. The quantitative estimate of drug-likeness (QED) is 0.306. The Morgan fingerprint density at radius 2 is 1.71 bits per heavy atom. The second-order valence-corrected chi connectivity index (χ2v) is 8.15. The average molecular weight is 498 g/mol. The third kappa shape index (κ3) is 5.35. The van der Waals surface area contributed by atoms with Crippen LogP contribution < -0.4 is 10.6 Å². The van der Waals surface area contributed by atoms with Crippen LogP contribution in [0.2, 0.25) is 0 Å². The Bertz CT molecular complexity index is 1420. The number of imidazole rings is 1. The van der Waals surface area contributed by atoms with Gasteiger partial charge in [-0.3, -0.25) is 9.59 Å². The SMILES string of the molecule is CSc1nc(-c2cccc(NC(=O)c3c(F)cc(F)cc3F)c2)c(-c2ccnc(NC(C)=O)c2)[nH]1. The first-order valence-electron chi connectivity index (χ1n) is 10.2. The van der Waals surface area contributed by atoms with E-state index in [-0.39, 0.29) is 11.6 Å². The Balaban J connectivity index is 1.69. The van der Waals surface area contributed by atoms with Crippen molar-refractivity contribution in [2.75, 3.05) is 16.9 Å². The Morgan fingerprint density at radius 3 is 2.40 bits per heavy atom. The number of anilines is 2. The van der Waals surface area contributed by atoms with Crippen molar-refractivity contribution in [1.82, 2.24) is 15.0 Å². The summed E-state index contributed by atoms with van der Waals surface area (Å²) in [5.41, 5.74) is 1.86. The number of carbonyl (C=O) groups excluding carboxylic acids is 2. The van der Waals surface area contributed by atoms with Crippen LogP contribution in [0.4, 0.5) is 24.7 Å². The van der Waals surface area contributed by atoms with Gasteiger partial charge in [-0.25, -0.2) is 23.1 Å². The van der Waals surface area contributed by atoms with Gasteiger partial charge in [0.05, 0.1) is 11.4 Å². The summed E-state index contributed by atoms with van der Waals surface area (Å²) in [7, 11) is 0. The fraction of sp³-hybridized carbons (Fsp3) is 0.0833. The number of pyridine rings is 1. The normalized spacial score (nSPS) is 10.8. The highest BCUT2D eigenvalue weighted by atomic mass is 32.2. The average Bonchev–Trinajstić information content (AvgIpc) is 3.23. The summed E-state index contributed by atoms with van der Waals surface area (Å²) in [6.45, 7) is 1.38. The molecule has 2 aromatic heterocycles. The van der Waals surface area contributed by atoms with Gasteiger partial charge in [0, 0.05) is 42.1 Å². The number of amides is 2. The molecule has 0 radical (unpaired) electrons. The van der Waals surface area contributed by atoms with Gasteiger partial charge in [-0.05, 0) is 30.5 Å². The number of nitrogens with zero attached hydrogens (tertiary/aromatic N) is 2. The summed E-state index contributed by atoms with van der Waals surface area (Å²) in [5.74, 6) is -4.68. The van der Waals surface area contributed by atoms with E-state index in [0.29, 0.717) is 45.6 Å². The van der Waals surface area contributed by atoms with Crippen LogP contribution in [0.15, 0.2) is 59.9 Å². The summed E-state index contributed by atoms with van der Waals surface area (Å²) in [6, 6.07) is 10.9. The zero-order chi connectivity index (χ0) is 25.1. The molecule has 0 aliphatic rings. The molecular formula is C24H18F3N5O2S. The largest absolute Gasteiger partial charge is 0.332 e. The number of benzene rings is 2. The molecule has 2 heterocycles. The maximum absolute atomic E-state index is 14.0. The fourth-order valence-corrected chi connectivity index (χ4v) is 3.78. The van der Waals surface area contributed by atoms with Crippen molar-refractivity contribution in [2.45, 2.75) is 12.1 Å². The molecule has 0 saturated heterocycles. The molecule has 0 fully saturated rings. The van der Waals surface area contributed by atoms with Crippen molar-refractivity contribution in [3.05, 3.63) is 77.7 Å². The topological polar surface area (TPSA) is 99.8 Å². The molecule has 35 heavy (non-hydrogen) atoms. The van der Waals surface area contributed by atoms with E-state index in [1.807, 2.05) is 6.26 Å². The predicted octanol–water partition coefficient (Wildman–Crippen LogP) is 5.49. The second-order valence-electron chi connectivity index (χ2n) is 7.36. The zero-order valence-electron chi connectivity index (χ0n) is 18.4. The minimum Gasteiger partial charge on any atom is -0.332 e. The van der Waals surface area contributed by atoms with Crippen LogP contribution >= 0.6 is 11.8 Å². The smallest absolute Gasteiger partial charge is 0.261 e. The first-order valence-corrected chi connectivity index (χ1v) is 11.4. The molecule has 4 aromatic rings. The number of H-pyrrole nitrogens is 1. The van der Waals surface area contributed by atoms with Gasteiger partial charge in [0.15, 0.2) is 5.16 Å². The van der Waals surface area contributed by atoms with Crippen LogP contribution in [0, 0.1) is 17.5 Å². The van der Waals surface area contributed by atoms with Crippen molar-refractivity contribution >= 4 is 35.1 Å². The van der Waals surface area contributed by atoms with Crippen LogP contribution in [-0.2, 0) is 4.79 Å². The highest BCUT2D eigenvalue weighted by Crippen LogP contribution is 2.34. The molecule has 7 nitrogen and oxygen atoms in total. The predicted molar refractivity (Wildman–Crippen MR) is 128 cm³/mol. The third-order valence-corrected chi connectivity index (χ3v) is 5.44. The van der Waals surface area contributed by atoms with Crippen LogP contribution in [-0.4, -0.2) is 33.0 Å². The maximum atomic E-state index is 14.0. The van der Waals surface area contributed by atoms with E-state index in [2.05, 4.69) is 25.6 Å². The van der Waals surface area contributed by atoms with Crippen LogP contribution in [0.1, 0.15) is 17.3 Å². The Morgan fingerprint density at radius 1 is 0.971 bits per heavy atom. The van der Waals surface area contributed by atoms with Gasteiger partial charge in [-0.15, -0.1) is 0 Å². The van der Waals surface area contributed by atoms with Crippen molar-refractivity contribution in [3.63, 3.8) is 0 Å². The number of nitrogens with one attached hydrogen (secondary N) is 3. The lowest BCUT2D eigenvalue weighted by molar-refractivity contribution is -0.114. The van der Waals surface area contributed by atoms with Crippen LogP contribution in [0.25, 0.3) is 22.5 Å². The summed E-state index contributed by atoms with van der Waals surface area (Å²) in [4.78, 5) is 35.9. The van der Waals surface area contributed by atoms with Gasteiger partial charge in [0.2, 0.25) is 5.91 Å². The van der Waals surface area contributed by atoms with Crippen molar-refractivity contribution < 1.29 is 22.8 Å². The molecule has 0 bridgehead atoms. The van der Waals surface area contributed by atoms with E-state index in [9.17, 15) is 22.8 Å². The number of halogens is 3. The maximum Gasteiger partial charge on any atom is 0.261 e. The molecule has 0 aliphatic heterocycles. The van der Waals surface area contributed by atoms with Crippen molar-refractivity contribution in [3.8, 4) is 22.5 Å². The number of thioether (sulfide) groups is 1. The fourth-order valence-electron chi connectivity index (χ4n) is 3.40. The summed E-state index contributed by atoms with van der Waals surface area (Å²) in [6.07, 6.45) is 3.40. The zero-order valence-corrected chi connectivity index (χ0v) is 19.3. The molecule has 2 aromatic carbocycles. The molecule has 2 amide bonds. The standard InChI is InChI=1S/C24H18F3N5O2S/c1-12(33)29-19-9-14(6-7-28-19)22-21(31-24(32-22)35-2)13-4-3-5-16(8-13)30-23(34)20-17(26)10-15(25)11-18(20)27/h3-11H,1-2H3,(H,30,34)(H,31,32)(H,28,29,33). The molecule has 0 atom stereocenters. The molecule has 0 saturated carbocycles. The number of aromatic amines is 1. The minimum absolute atomic E-state index is 0.254. The first-order chi connectivity index (χ1) is 16.7. The first kappa shape index (κ1) is 24.0. The van der Waals surface area contributed by atoms with E-state index in [1.165, 1.54) is 18.7 Å². The van der Waals surface area contributed by atoms with Crippen LogP contribution in [0.3, 0.4) is 0 Å². The van der Waals surface area contributed by atoms with Crippen molar-refractivity contribution in [1.29, 1.82) is 0 Å². The molecule has 11 heteroatoms. The second kappa shape index (κ2) is 10.0. The van der Waals surface area contributed by atoms with Crippen LogP contribution in [0.5, 0.6) is 0 Å². The summed E-state index contributed by atoms with van der Waals surface area (Å²) in [5, 5.41) is 5.69.